The smallest absolute Gasteiger partial charge is 0.349 e. The minimum atomic E-state index is -6.25. The van der Waals surface area contributed by atoms with E-state index in [1.54, 1.807) is 13.0 Å². The normalized spacial score (nSPS) is 18.6. The molecule has 0 radical (unpaired) electrons. The fourth-order valence-corrected chi connectivity index (χ4v) is 3.98. The molecular weight excluding hydrogens is 481 g/mol. The van der Waals surface area contributed by atoms with Crippen LogP contribution in [0.1, 0.15) is 57.2 Å². The number of alkyl halides is 7. The van der Waals surface area contributed by atoms with Crippen molar-refractivity contribution in [3.8, 4) is 0 Å². The van der Waals surface area contributed by atoms with Crippen LogP contribution >= 0.6 is 0 Å². The highest BCUT2D eigenvalue weighted by Crippen LogP contribution is 2.53. The zero-order chi connectivity index (χ0) is 26.3. The predicted octanol–water partition coefficient (Wildman–Crippen LogP) is 6.37. The molecule has 11 heteroatoms. The van der Waals surface area contributed by atoms with Crippen molar-refractivity contribution in [1.82, 2.24) is 5.32 Å². The van der Waals surface area contributed by atoms with Gasteiger partial charge in [-0.3, -0.25) is 9.59 Å². The van der Waals surface area contributed by atoms with E-state index in [0.717, 1.165) is 25.8 Å². The molecule has 2 atom stereocenters. The maximum Gasteiger partial charge on any atom is 0.435 e. The molecule has 2 unspecified atom stereocenters. The Balaban J connectivity index is 1.90. The lowest BCUT2D eigenvalue weighted by atomic mass is 9.81. The van der Waals surface area contributed by atoms with Gasteiger partial charge in [0.2, 0.25) is 0 Å². The maximum atomic E-state index is 14.3. The van der Waals surface area contributed by atoms with Gasteiger partial charge in [-0.25, -0.2) is 4.39 Å². The number of benzene rings is 2. The predicted molar refractivity (Wildman–Crippen MR) is 115 cm³/mol. The molecule has 1 aliphatic rings. The Morgan fingerprint density at radius 2 is 1.49 bits per heavy atom. The molecule has 0 aliphatic heterocycles. The number of amides is 2. The summed E-state index contributed by atoms with van der Waals surface area (Å²) in [5, 5.41) is 5.26. The van der Waals surface area contributed by atoms with E-state index in [2.05, 4.69) is 10.6 Å². The maximum absolute atomic E-state index is 14.3. The third-order valence-electron chi connectivity index (χ3n) is 6.33. The van der Waals surface area contributed by atoms with E-state index < -0.39 is 35.4 Å². The van der Waals surface area contributed by atoms with Gasteiger partial charge in [-0.2, -0.15) is 26.3 Å². The Labute approximate surface area is 196 Å². The third kappa shape index (κ3) is 4.85. The summed E-state index contributed by atoms with van der Waals surface area (Å²) in [4.78, 5) is 25.8. The average Bonchev–Trinajstić information content (AvgIpc) is 2.75. The second kappa shape index (κ2) is 9.16. The highest BCUT2D eigenvalue weighted by Gasteiger charge is 2.73. The van der Waals surface area contributed by atoms with Gasteiger partial charge in [0.1, 0.15) is 0 Å². The van der Waals surface area contributed by atoms with Gasteiger partial charge in [-0.15, -0.1) is 0 Å². The first-order valence-electron chi connectivity index (χ1n) is 10.7. The van der Waals surface area contributed by atoms with Gasteiger partial charge in [-0.1, -0.05) is 31.2 Å². The van der Waals surface area contributed by atoms with Crippen molar-refractivity contribution in [2.45, 2.75) is 57.7 Å². The molecule has 2 aromatic carbocycles. The van der Waals surface area contributed by atoms with Crippen molar-refractivity contribution < 1.29 is 40.3 Å². The molecule has 1 fully saturated rings. The zero-order valence-electron chi connectivity index (χ0n) is 19.0. The largest absolute Gasteiger partial charge is 0.435 e. The SMILES string of the molecule is Cc1cc(C(F)(C(F)(F)F)C(F)(F)F)ccc1NC(=O)c1cccc(C)c1C(=O)NC1CCC1C. The summed E-state index contributed by atoms with van der Waals surface area (Å²) < 4.78 is 92.6. The van der Waals surface area contributed by atoms with Crippen molar-refractivity contribution in [1.29, 1.82) is 0 Å². The Hall–Kier alpha value is -3.11. The van der Waals surface area contributed by atoms with Crippen LogP contribution in [0.3, 0.4) is 0 Å². The number of rotatable bonds is 5. The van der Waals surface area contributed by atoms with Crippen LogP contribution in [0.4, 0.5) is 36.4 Å². The standard InChI is InChI=1S/C24H23F7N2O2/c1-12-7-9-17(12)33-21(35)19-13(2)5-4-6-16(19)20(34)32-18-10-8-15(11-14(18)3)22(25,23(26,27)28)24(29,30)31/h4-6,8,10-12,17H,7,9H2,1-3H3,(H,32,34)(H,33,35). The van der Waals surface area contributed by atoms with Crippen LogP contribution in [-0.4, -0.2) is 30.2 Å². The quantitative estimate of drug-likeness (QED) is 0.465. The molecule has 190 valence electrons. The number of anilines is 1. The zero-order valence-corrected chi connectivity index (χ0v) is 19.0. The molecule has 2 N–H and O–H groups in total. The lowest BCUT2D eigenvalue weighted by Gasteiger charge is -2.34. The van der Waals surface area contributed by atoms with Crippen LogP contribution in [0, 0.1) is 19.8 Å². The van der Waals surface area contributed by atoms with Gasteiger partial charge in [0.05, 0.1) is 11.1 Å². The number of hydrogen-bond acceptors (Lipinski definition) is 2. The van der Waals surface area contributed by atoms with E-state index >= 15 is 0 Å². The summed E-state index contributed by atoms with van der Waals surface area (Å²) in [5.41, 5.74) is -7.00. The van der Waals surface area contributed by atoms with Crippen molar-refractivity contribution in [2.75, 3.05) is 5.32 Å². The second-order valence-electron chi connectivity index (χ2n) is 8.77. The molecule has 0 saturated heterocycles. The first kappa shape index (κ1) is 26.5. The molecule has 0 aromatic heterocycles. The van der Waals surface area contributed by atoms with Gasteiger partial charge in [0.15, 0.2) is 0 Å². The Morgan fingerprint density at radius 1 is 0.857 bits per heavy atom. The third-order valence-corrected chi connectivity index (χ3v) is 6.33. The monoisotopic (exact) mass is 504 g/mol. The molecular formula is C24H23F7N2O2. The van der Waals surface area contributed by atoms with E-state index in [1.165, 1.54) is 12.1 Å². The van der Waals surface area contributed by atoms with Gasteiger partial charge in [0, 0.05) is 17.3 Å². The van der Waals surface area contributed by atoms with Crippen molar-refractivity contribution >= 4 is 17.5 Å². The molecule has 35 heavy (non-hydrogen) atoms. The Morgan fingerprint density at radius 3 is 1.97 bits per heavy atom. The number of halogens is 7. The lowest BCUT2D eigenvalue weighted by molar-refractivity contribution is -0.348. The van der Waals surface area contributed by atoms with Crippen molar-refractivity contribution in [3.05, 3.63) is 64.2 Å². The summed E-state index contributed by atoms with van der Waals surface area (Å²) in [6.07, 6.45) is -10.7. The number of hydrogen-bond donors (Lipinski definition) is 2. The molecule has 4 nitrogen and oxygen atoms in total. The molecule has 0 heterocycles. The van der Waals surface area contributed by atoms with Crippen LogP contribution in [0.5, 0.6) is 0 Å². The van der Waals surface area contributed by atoms with E-state index in [9.17, 15) is 40.3 Å². The Bertz CT molecular complexity index is 1130. The Kier molecular flexibility index (Phi) is 6.93. The summed E-state index contributed by atoms with van der Waals surface area (Å²) in [6, 6.07) is 5.99. The summed E-state index contributed by atoms with van der Waals surface area (Å²) >= 11 is 0. The molecule has 3 rings (SSSR count). The van der Waals surface area contributed by atoms with Crippen LogP contribution in [0.25, 0.3) is 0 Å². The summed E-state index contributed by atoms with van der Waals surface area (Å²) in [5.74, 6) is -0.971. The van der Waals surface area contributed by atoms with Gasteiger partial charge >= 0.3 is 18.0 Å². The molecule has 2 amide bonds. The van der Waals surface area contributed by atoms with Gasteiger partial charge < -0.3 is 10.6 Å². The summed E-state index contributed by atoms with van der Waals surface area (Å²) in [7, 11) is 0. The minimum Gasteiger partial charge on any atom is -0.349 e. The fraction of sp³-hybridized carbons (Fsp3) is 0.417. The van der Waals surface area contributed by atoms with E-state index in [0.29, 0.717) is 17.7 Å². The minimum absolute atomic E-state index is 0.0247. The fourth-order valence-electron chi connectivity index (χ4n) is 3.98. The highest BCUT2D eigenvalue weighted by molar-refractivity contribution is 6.13. The topological polar surface area (TPSA) is 58.2 Å². The molecule has 1 saturated carbocycles. The molecule has 0 spiro atoms. The van der Waals surface area contributed by atoms with Crippen LogP contribution < -0.4 is 10.6 Å². The van der Waals surface area contributed by atoms with E-state index in [1.807, 2.05) is 6.92 Å². The first-order chi connectivity index (χ1) is 16.1. The van der Waals surface area contributed by atoms with Crippen LogP contribution in [-0.2, 0) is 5.67 Å². The van der Waals surface area contributed by atoms with Crippen LogP contribution in [0.15, 0.2) is 36.4 Å². The number of nitrogens with one attached hydrogen (secondary N) is 2. The van der Waals surface area contributed by atoms with Gasteiger partial charge in [-0.05, 0) is 55.9 Å². The highest BCUT2D eigenvalue weighted by atomic mass is 19.4. The van der Waals surface area contributed by atoms with Crippen molar-refractivity contribution in [3.63, 3.8) is 0 Å². The van der Waals surface area contributed by atoms with Gasteiger partial charge in [0.25, 0.3) is 11.8 Å². The molecule has 1 aliphatic carbocycles. The second-order valence-corrected chi connectivity index (χ2v) is 8.77. The number of carbonyl (C=O) groups is 2. The van der Waals surface area contributed by atoms with E-state index in [4.69, 9.17) is 0 Å². The summed E-state index contributed by atoms with van der Waals surface area (Å²) in [6.45, 7) is 4.75. The number of aryl methyl sites for hydroxylation is 2. The average molecular weight is 504 g/mol. The number of carbonyl (C=O) groups excluding carboxylic acids is 2. The molecule has 2 aromatic rings. The first-order valence-corrected chi connectivity index (χ1v) is 10.7. The van der Waals surface area contributed by atoms with Crippen molar-refractivity contribution in [2.24, 2.45) is 5.92 Å². The lowest BCUT2D eigenvalue weighted by Crippen LogP contribution is -2.50. The molecule has 0 bridgehead atoms. The van der Waals surface area contributed by atoms with Crippen LogP contribution in [0.2, 0.25) is 0 Å². The van der Waals surface area contributed by atoms with E-state index in [-0.39, 0.29) is 34.3 Å².